The lowest BCUT2D eigenvalue weighted by atomic mass is 9.89. The number of esters is 4. The Bertz CT molecular complexity index is 1400. The van der Waals surface area contributed by atoms with Gasteiger partial charge in [-0.15, -0.1) is 0 Å². The lowest BCUT2D eigenvalue weighted by molar-refractivity contribution is -0.254. The minimum Gasteiger partial charge on any atom is -0.463 e. The zero-order valence-electron chi connectivity index (χ0n) is 25.5. The Balaban J connectivity index is 1.43. The van der Waals surface area contributed by atoms with Crippen molar-refractivity contribution in [3.05, 3.63) is 69.7 Å². The molecule has 2 saturated carbocycles. The fourth-order valence-corrected chi connectivity index (χ4v) is 6.84. The third-order valence-corrected chi connectivity index (χ3v) is 9.26. The average Bonchev–Trinajstić information content (AvgIpc) is 3.59. The fraction of sp³-hybridized carbons (Fsp3) is 0.529. The van der Waals surface area contributed by atoms with Crippen LogP contribution in [0, 0.1) is 5.41 Å². The van der Waals surface area contributed by atoms with E-state index in [2.05, 4.69) is 24.3 Å². The van der Waals surface area contributed by atoms with Crippen molar-refractivity contribution in [1.29, 1.82) is 0 Å². The lowest BCUT2D eigenvalue weighted by Gasteiger charge is -2.44. The summed E-state index contributed by atoms with van der Waals surface area (Å²) in [5.74, 6) is -1.95. The van der Waals surface area contributed by atoms with Crippen molar-refractivity contribution in [1.82, 2.24) is 0 Å². The first-order valence-corrected chi connectivity index (χ1v) is 15.5. The molecular formula is C34H39ClO9. The molecule has 1 saturated heterocycles. The van der Waals surface area contributed by atoms with Gasteiger partial charge in [0.15, 0.2) is 18.3 Å². The van der Waals surface area contributed by atoms with E-state index >= 15 is 0 Å². The first-order valence-electron chi connectivity index (χ1n) is 15.1. The molecular weight excluding hydrogens is 588 g/mol. The summed E-state index contributed by atoms with van der Waals surface area (Å²) in [6.07, 6.45) is 1.54. The van der Waals surface area contributed by atoms with Crippen LogP contribution in [0.15, 0.2) is 42.5 Å². The lowest BCUT2D eigenvalue weighted by Crippen LogP contribution is -2.59. The van der Waals surface area contributed by atoms with Crippen molar-refractivity contribution in [3.8, 4) is 0 Å². The molecule has 44 heavy (non-hydrogen) atoms. The molecule has 0 amide bonds. The van der Waals surface area contributed by atoms with Gasteiger partial charge in [-0.25, -0.2) is 0 Å². The van der Waals surface area contributed by atoms with Crippen LogP contribution < -0.4 is 0 Å². The summed E-state index contributed by atoms with van der Waals surface area (Å²) in [5, 5.41) is 0.551. The van der Waals surface area contributed by atoms with Gasteiger partial charge in [0, 0.05) is 32.7 Å². The quantitative estimate of drug-likeness (QED) is 0.252. The molecule has 0 radical (unpaired) electrons. The van der Waals surface area contributed by atoms with Crippen molar-refractivity contribution in [2.45, 2.75) is 103 Å². The van der Waals surface area contributed by atoms with E-state index in [1.54, 1.807) is 12.1 Å². The van der Waals surface area contributed by atoms with Crippen LogP contribution in [0.25, 0.3) is 0 Å². The second kappa shape index (κ2) is 13.3. The molecule has 5 rings (SSSR count). The maximum absolute atomic E-state index is 12.3. The molecule has 10 heteroatoms. The number of ether oxygens (including phenoxy) is 5. The molecule has 0 bridgehead atoms. The Kier molecular flexibility index (Phi) is 9.65. The molecule has 0 N–H and O–H groups in total. The summed E-state index contributed by atoms with van der Waals surface area (Å²) in [6, 6.07) is 14.1. The van der Waals surface area contributed by atoms with Gasteiger partial charge >= 0.3 is 23.9 Å². The van der Waals surface area contributed by atoms with E-state index in [0.717, 1.165) is 11.1 Å². The average molecular weight is 627 g/mol. The summed E-state index contributed by atoms with van der Waals surface area (Å²) >= 11 is 6.66. The topological polar surface area (TPSA) is 114 Å². The molecule has 9 nitrogen and oxygen atoms in total. The van der Waals surface area contributed by atoms with Crippen molar-refractivity contribution in [3.63, 3.8) is 0 Å². The van der Waals surface area contributed by atoms with Gasteiger partial charge in [0.25, 0.3) is 0 Å². The van der Waals surface area contributed by atoms with Crippen molar-refractivity contribution in [2.24, 2.45) is 5.41 Å². The molecule has 3 aliphatic rings. The third kappa shape index (κ3) is 7.61. The SMILES string of the molecule is CC(=O)OC[C@H]1O[C@@H](c2ccc(Cl)c(Cc3ccc(C4CCC5(CC5)C4)cc3)c2)[C@H](OC(C)=O)[C@@H](OC(C)=O)[C@@H]1OC(C)=O. The van der Waals surface area contributed by atoms with Gasteiger partial charge in [0.2, 0.25) is 0 Å². The van der Waals surface area contributed by atoms with Gasteiger partial charge in [0.05, 0.1) is 0 Å². The molecule has 3 fully saturated rings. The summed E-state index contributed by atoms with van der Waals surface area (Å²) in [7, 11) is 0. The van der Waals surface area contributed by atoms with Gasteiger partial charge in [-0.3, -0.25) is 19.2 Å². The normalized spacial score (nSPS) is 26.9. The molecule has 1 unspecified atom stereocenters. The number of hydrogen-bond acceptors (Lipinski definition) is 9. The van der Waals surface area contributed by atoms with Crippen LogP contribution >= 0.6 is 11.6 Å². The van der Waals surface area contributed by atoms with Crippen LogP contribution in [0.2, 0.25) is 5.02 Å². The minimum absolute atomic E-state index is 0.288. The van der Waals surface area contributed by atoms with Crippen molar-refractivity contribution in [2.75, 3.05) is 6.61 Å². The van der Waals surface area contributed by atoms with E-state index in [0.29, 0.717) is 28.3 Å². The highest BCUT2D eigenvalue weighted by atomic mass is 35.5. The van der Waals surface area contributed by atoms with E-state index in [-0.39, 0.29) is 6.61 Å². The zero-order valence-corrected chi connectivity index (χ0v) is 26.3. The maximum atomic E-state index is 12.3. The van der Waals surface area contributed by atoms with Crippen LogP contribution in [0.5, 0.6) is 0 Å². The highest BCUT2D eigenvalue weighted by Crippen LogP contribution is 2.61. The number of hydrogen-bond donors (Lipinski definition) is 0. The van der Waals surface area contributed by atoms with E-state index in [4.69, 9.17) is 35.3 Å². The molecule has 2 aromatic carbocycles. The predicted molar refractivity (Wildman–Crippen MR) is 160 cm³/mol. The third-order valence-electron chi connectivity index (χ3n) is 8.89. The summed E-state index contributed by atoms with van der Waals surface area (Å²) in [5.41, 5.74) is 4.51. The smallest absolute Gasteiger partial charge is 0.303 e. The highest BCUT2D eigenvalue weighted by molar-refractivity contribution is 6.31. The monoisotopic (exact) mass is 626 g/mol. The number of carbonyl (C=O) groups is 4. The number of benzene rings is 2. The van der Waals surface area contributed by atoms with E-state index < -0.39 is 54.4 Å². The van der Waals surface area contributed by atoms with Crippen LogP contribution in [-0.4, -0.2) is 54.9 Å². The Morgan fingerprint density at radius 2 is 1.41 bits per heavy atom. The van der Waals surface area contributed by atoms with Gasteiger partial charge in [-0.2, -0.15) is 0 Å². The molecule has 1 heterocycles. The first-order chi connectivity index (χ1) is 20.9. The predicted octanol–water partition coefficient (Wildman–Crippen LogP) is 5.78. The molecule has 6 atom stereocenters. The number of carbonyl (C=O) groups excluding carboxylic acids is 4. The Morgan fingerprint density at radius 3 is 2.00 bits per heavy atom. The Hall–Kier alpha value is -3.43. The van der Waals surface area contributed by atoms with Gasteiger partial charge < -0.3 is 23.7 Å². The minimum atomic E-state index is -1.24. The van der Waals surface area contributed by atoms with Crippen molar-refractivity contribution < 1.29 is 42.9 Å². The first kappa shape index (κ1) is 32.0. The molecule has 1 aliphatic heterocycles. The maximum Gasteiger partial charge on any atom is 0.303 e. The molecule has 1 spiro atoms. The van der Waals surface area contributed by atoms with Gasteiger partial charge in [-0.1, -0.05) is 48.0 Å². The van der Waals surface area contributed by atoms with E-state index in [1.165, 1.54) is 65.4 Å². The van der Waals surface area contributed by atoms with Crippen LogP contribution in [-0.2, 0) is 49.3 Å². The summed E-state index contributed by atoms with van der Waals surface area (Å²) in [4.78, 5) is 48.1. The number of rotatable bonds is 9. The molecule has 236 valence electrons. The Morgan fingerprint density at radius 1 is 0.795 bits per heavy atom. The fourth-order valence-electron chi connectivity index (χ4n) is 6.65. The number of halogens is 1. The van der Waals surface area contributed by atoms with Crippen LogP contribution in [0.1, 0.15) is 94.1 Å². The van der Waals surface area contributed by atoms with Gasteiger partial charge in [0.1, 0.15) is 18.8 Å². The summed E-state index contributed by atoms with van der Waals surface area (Å²) < 4.78 is 28.3. The standard InChI is InChI=1S/C34H39ClO9/c1-19(36)40-18-29-31(41-20(2)37)33(43-22(4)39)32(42-21(3)38)30(44-29)25-9-10-28(35)27(16-25)15-23-5-7-24(8-6-23)26-11-12-34(17-26)13-14-34/h5-10,16,26,29-33H,11-15,17-18H2,1-4H3/t26?,29-,30+,31-,32+,33+/m1/s1. The van der Waals surface area contributed by atoms with E-state index in [9.17, 15) is 19.2 Å². The van der Waals surface area contributed by atoms with Gasteiger partial charge in [-0.05, 0) is 78.2 Å². The van der Waals surface area contributed by atoms with Crippen LogP contribution in [0.4, 0.5) is 0 Å². The molecule has 2 aromatic rings. The van der Waals surface area contributed by atoms with Crippen molar-refractivity contribution >= 4 is 35.5 Å². The van der Waals surface area contributed by atoms with Crippen LogP contribution in [0.3, 0.4) is 0 Å². The highest BCUT2D eigenvalue weighted by Gasteiger charge is 2.52. The molecule has 2 aliphatic carbocycles. The zero-order chi connectivity index (χ0) is 31.6. The molecule has 0 aromatic heterocycles. The largest absolute Gasteiger partial charge is 0.463 e. The van der Waals surface area contributed by atoms with E-state index in [1.807, 2.05) is 6.07 Å². The second-order valence-corrected chi connectivity index (χ2v) is 12.7. The summed E-state index contributed by atoms with van der Waals surface area (Å²) in [6.45, 7) is 4.56. The second-order valence-electron chi connectivity index (χ2n) is 12.3. The Labute approximate surface area is 262 Å².